The van der Waals surface area contributed by atoms with Gasteiger partial charge in [0.2, 0.25) is 11.7 Å². The number of hydrogen-bond acceptors (Lipinski definition) is 5. The van der Waals surface area contributed by atoms with Crippen molar-refractivity contribution in [2.45, 2.75) is 5.92 Å². The van der Waals surface area contributed by atoms with E-state index in [4.69, 9.17) is 4.52 Å². The molecule has 0 amide bonds. The predicted molar refractivity (Wildman–Crippen MR) is 65.0 cm³/mol. The molecule has 3 aromatic rings. The van der Waals surface area contributed by atoms with Crippen LogP contribution in [0, 0.1) is 0 Å². The Bertz CT molecular complexity index is 697. The monoisotopic (exact) mass is 241 g/mol. The summed E-state index contributed by atoms with van der Waals surface area (Å²) in [4.78, 5) is 4.44. The molecule has 2 N–H and O–H groups in total. The van der Waals surface area contributed by atoms with Gasteiger partial charge in [0.15, 0.2) is 0 Å². The molecule has 0 atom stereocenters. The van der Waals surface area contributed by atoms with Crippen LogP contribution in [0.2, 0.25) is 0 Å². The van der Waals surface area contributed by atoms with Gasteiger partial charge in [0.1, 0.15) is 0 Å². The van der Waals surface area contributed by atoms with Gasteiger partial charge in [0.05, 0.1) is 17.6 Å². The number of aromatic amines is 1. The smallest absolute Gasteiger partial charge is 0.232 e. The second kappa shape index (κ2) is 3.64. The first-order chi connectivity index (χ1) is 8.90. The highest BCUT2D eigenvalue weighted by Gasteiger charge is 2.25. The molecule has 0 spiro atoms. The van der Waals surface area contributed by atoms with Crippen LogP contribution < -0.4 is 5.32 Å². The second-order valence-corrected chi connectivity index (χ2v) is 4.48. The molecule has 1 aromatic carbocycles. The third kappa shape index (κ3) is 1.42. The molecule has 1 aliphatic heterocycles. The number of benzene rings is 1. The fourth-order valence-electron chi connectivity index (χ4n) is 2.06. The molecular formula is C12H11N5O. The molecule has 0 unspecified atom stereocenters. The van der Waals surface area contributed by atoms with Gasteiger partial charge in [-0.25, -0.2) is 0 Å². The first kappa shape index (κ1) is 9.78. The van der Waals surface area contributed by atoms with Crippen molar-refractivity contribution >= 4 is 10.9 Å². The zero-order valence-electron chi connectivity index (χ0n) is 9.55. The number of nitrogens with zero attached hydrogens (tertiary/aromatic N) is 3. The third-order valence-electron chi connectivity index (χ3n) is 3.27. The lowest BCUT2D eigenvalue weighted by atomic mass is 10.0. The Hall–Kier alpha value is -2.21. The van der Waals surface area contributed by atoms with Gasteiger partial charge >= 0.3 is 0 Å². The van der Waals surface area contributed by atoms with Crippen LogP contribution in [0.3, 0.4) is 0 Å². The number of H-pyrrole nitrogens is 1. The van der Waals surface area contributed by atoms with Gasteiger partial charge in [-0.2, -0.15) is 10.1 Å². The first-order valence-corrected chi connectivity index (χ1v) is 5.88. The molecule has 1 fully saturated rings. The van der Waals surface area contributed by atoms with E-state index >= 15 is 0 Å². The summed E-state index contributed by atoms with van der Waals surface area (Å²) >= 11 is 0. The molecular weight excluding hydrogens is 230 g/mol. The van der Waals surface area contributed by atoms with Crippen molar-refractivity contribution in [3.8, 4) is 11.4 Å². The molecule has 6 heteroatoms. The van der Waals surface area contributed by atoms with Crippen LogP contribution in [0.5, 0.6) is 0 Å². The van der Waals surface area contributed by atoms with E-state index in [-0.39, 0.29) is 0 Å². The Morgan fingerprint density at radius 2 is 2.22 bits per heavy atom. The van der Waals surface area contributed by atoms with Gasteiger partial charge in [-0.1, -0.05) is 17.3 Å². The van der Waals surface area contributed by atoms with E-state index in [9.17, 15) is 0 Å². The van der Waals surface area contributed by atoms with Crippen LogP contribution in [0.1, 0.15) is 11.8 Å². The first-order valence-electron chi connectivity index (χ1n) is 5.88. The van der Waals surface area contributed by atoms with Crippen molar-refractivity contribution in [3.05, 3.63) is 30.3 Å². The lowest BCUT2D eigenvalue weighted by molar-refractivity contribution is 0.308. The summed E-state index contributed by atoms with van der Waals surface area (Å²) in [7, 11) is 0. The molecule has 3 heterocycles. The fraction of sp³-hybridized carbons (Fsp3) is 0.250. The average molecular weight is 241 g/mol. The standard InChI is InChI=1S/C12H11N5O/c1-2-8-6-14-16-10(8)3-7(1)11-15-12(18-17-11)9-4-13-5-9/h1-3,6,9,13H,4-5H2,(H,14,16). The molecule has 0 aliphatic carbocycles. The van der Waals surface area contributed by atoms with Crippen LogP contribution in [-0.4, -0.2) is 33.4 Å². The molecule has 1 aliphatic rings. The normalized spacial score (nSPS) is 16.0. The highest BCUT2D eigenvalue weighted by Crippen LogP contribution is 2.24. The number of hydrogen-bond donors (Lipinski definition) is 2. The van der Waals surface area contributed by atoms with Gasteiger partial charge in [-0.05, 0) is 6.07 Å². The maximum Gasteiger partial charge on any atom is 0.232 e. The highest BCUT2D eigenvalue weighted by atomic mass is 16.5. The summed E-state index contributed by atoms with van der Waals surface area (Å²) in [5, 5.41) is 15.2. The second-order valence-electron chi connectivity index (χ2n) is 4.48. The molecule has 1 saturated heterocycles. The number of aromatic nitrogens is 4. The Labute approximate surface area is 102 Å². The van der Waals surface area contributed by atoms with Crippen molar-refractivity contribution in [1.82, 2.24) is 25.7 Å². The van der Waals surface area contributed by atoms with Gasteiger partial charge in [0, 0.05) is 24.0 Å². The zero-order chi connectivity index (χ0) is 11.9. The highest BCUT2D eigenvalue weighted by molar-refractivity contribution is 5.82. The molecule has 0 bridgehead atoms. The van der Waals surface area contributed by atoms with Crippen LogP contribution >= 0.6 is 0 Å². The summed E-state index contributed by atoms with van der Waals surface area (Å²) in [5.41, 5.74) is 1.91. The van der Waals surface area contributed by atoms with E-state index in [1.807, 2.05) is 18.2 Å². The van der Waals surface area contributed by atoms with E-state index < -0.39 is 0 Å². The van der Waals surface area contributed by atoms with Crippen LogP contribution in [-0.2, 0) is 0 Å². The van der Waals surface area contributed by atoms with Gasteiger partial charge in [0.25, 0.3) is 0 Å². The number of nitrogens with one attached hydrogen (secondary N) is 2. The van der Waals surface area contributed by atoms with Gasteiger partial charge < -0.3 is 9.84 Å². The van der Waals surface area contributed by atoms with E-state index in [1.165, 1.54) is 0 Å². The lowest BCUT2D eigenvalue weighted by Crippen LogP contribution is -2.40. The summed E-state index contributed by atoms with van der Waals surface area (Å²) < 4.78 is 5.29. The minimum atomic E-state index is 0.363. The maximum atomic E-state index is 5.29. The van der Waals surface area contributed by atoms with Crippen molar-refractivity contribution in [3.63, 3.8) is 0 Å². The van der Waals surface area contributed by atoms with Crippen molar-refractivity contribution in [1.29, 1.82) is 0 Å². The SMILES string of the molecule is c1cc2cn[nH]c2cc1-c1noc(C2CNC2)n1. The largest absolute Gasteiger partial charge is 0.339 e. The molecule has 4 rings (SSSR count). The lowest BCUT2D eigenvalue weighted by Gasteiger charge is -2.22. The number of rotatable bonds is 2. The zero-order valence-corrected chi connectivity index (χ0v) is 9.55. The van der Waals surface area contributed by atoms with Crippen molar-refractivity contribution in [2.24, 2.45) is 0 Å². The Morgan fingerprint density at radius 1 is 1.28 bits per heavy atom. The van der Waals surface area contributed by atoms with Crippen molar-refractivity contribution in [2.75, 3.05) is 13.1 Å². The minimum Gasteiger partial charge on any atom is -0.339 e. The summed E-state index contributed by atoms with van der Waals surface area (Å²) in [5.74, 6) is 1.71. The van der Waals surface area contributed by atoms with E-state index in [2.05, 4.69) is 25.7 Å². The molecule has 6 nitrogen and oxygen atoms in total. The molecule has 90 valence electrons. The number of fused-ring (bicyclic) bond motifs is 1. The van der Waals surface area contributed by atoms with E-state index in [0.717, 1.165) is 29.6 Å². The maximum absolute atomic E-state index is 5.29. The van der Waals surface area contributed by atoms with Crippen LogP contribution in [0.15, 0.2) is 28.9 Å². The van der Waals surface area contributed by atoms with Gasteiger partial charge in [-0.3, -0.25) is 5.10 Å². The molecule has 18 heavy (non-hydrogen) atoms. The Kier molecular flexibility index (Phi) is 1.98. The van der Waals surface area contributed by atoms with Crippen molar-refractivity contribution < 1.29 is 4.52 Å². The average Bonchev–Trinajstić information content (AvgIpc) is 2.93. The third-order valence-corrected chi connectivity index (χ3v) is 3.27. The summed E-state index contributed by atoms with van der Waals surface area (Å²) in [6.07, 6.45) is 1.79. The van der Waals surface area contributed by atoms with E-state index in [0.29, 0.717) is 17.6 Å². The van der Waals surface area contributed by atoms with Gasteiger partial charge in [-0.15, -0.1) is 0 Å². The predicted octanol–water partition coefficient (Wildman–Crippen LogP) is 1.30. The molecule has 0 radical (unpaired) electrons. The molecule has 0 saturated carbocycles. The topological polar surface area (TPSA) is 79.6 Å². The van der Waals surface area contributed by atoms with Crippen LogP contribution in [0.25, 0.3) is 22.3 Å². The Balaban J connectivity index is 1.74. The Morgan fingerprint density at radius 3 is 3.06 bits per heavy atom. The summed E-state index contributed by atoms with van der Waals surface area (Å²) in [6, 6.07) is 5.95. The quantitative estimate of drug-likeness (QED) is 0.707. The van der Waals surface area contributed by atoms with Crippen LogP contribution in [0.4, 0.5) is 0 Å². The minimum absolute atomic E-state index is 0.363. The fourth-order valence-corrected chi connectivity index (χ4v) is 2.06. The molecule has 2 aromatic heterocycles. The van der Waals surface area contributed by atoms with E-state index in [1.54, 1.807) is 6.20 Å². The summed E-state index contributed by atoms with van der Waals surface area (Å²) in [6.45, 7) is 1.84.